The summed E-state index contributed by atoms with van der Waals surface area (Å²) in [6, 6.07) is 18.8. The molecule has 7 heteroatoms. The number of halogens is 2. The van der Waals surface area contributed by atoms with E-state index in [2.05, 4.69) is 10.6 Å². The van der Waals surface area contributed by atoms with Crippen molar-refractivity contribution >= 4 is 34.8 Å². The first-order chi connectivity index (χ1) is 15.0. The van der Waals surface area contributed by atoms with E-state index >= 15 is 0 Å². The fourth-order valence-corrected chi connectivity index (χ4v) is 3.46. The van der Waals surface area contributed by atoms with Crippen molar-refractivity contribution in [3.05, 3.63) is 87.4 Å². The number of amides is 1. The van der Waals surface area contributed by atoms with Crippen LogP contribution in [0.2, 0.25) is 10.0 Å². The van der Waals surface area contributed by atoms with Crippen LogP contribution in [-0.4, -0.2) is 19.6 Å². The second kappa shape index (κ2) is 11.0. The summed E-state index contributed by atoms with van der Waals surface area (Å²) < 4.78 is 11.1. The first kappa shape index (κ1) is 22.9. The van der Waals surface area contributed by atoms with Crippen molar-refractivity contribution in [3.63, 3.8) is 0 Å². The first-order valence-corrected chi connectivity index (χ1v) is 10.5. The molecule has 0 atom stereocenters. The maximum atomic E-state index is 12.2. The van der Waals surface area contributed by atoms with Crippen molar-refractivity contribution in [2.75, 3.05) is 19.0 Å². The van der Waals surface area contributed by atoms with Gasteiger partial charge in [0, 0.05) is 23.8 Å². The van der Waals surface area contributed by atoms with Gasteiger partial charge in [0.05, 0.1) is 12.1 Å². The molecule has 0 unspecified atom stereocenters. The van der Waals surface area contributed by atoms with Crippen LogP contribution in [0.4, 0.5) is 5.69 Å². The number of carbonyl (C=O) groups is 1. The van der Waals surface area contributed by atoms with Crippen molar-refractivity contribution in [1.29, 1.82) is 0 Å². The number of aryl methyl sites for hydroxylation is 1. The van der Waals surface area contributed by atoms with Crippen molar-refractivity contribution in [2.24, 2.45) is 0 Å². The highest BCUT2D eigenvalue weighted by Gasteiger charge is 2.14. The molecule has 2 N–H and O–H groups in total. The molecule has 0 fully saturated rings. The van der Waals surface area contributed by atoms with Crippen molar-refractivity contribution in [3.8, 4) is 11.5 Å². The van der Waals surface area contributed by atoms with E-state index in [4.69, 9.17) is 32.7 Å². The largest absolute Gasteiger partial charge is 0.493 e. The van der Waals surface area contributed by atoms with Crippen LogP contribution >= 0.6 is 23.2 Å². The number of carbonyl (C=O) groups excluding carboxylic acids is 1. The van der Waals surface area contributed by atoms with Crippen molar-refractivity contribution < 1.29 is 14.3 Å². The topological polar surface area (TPSA) is 59.6 Å². The van der Waals surface area contributed by atoms with Gasteiger partial charge >= 0.3 is 0 Å². The molecule has 0 saturated heterocycles. The molecule has 0 aliphatic carbocycles. The van der Waals surface area contributed by atoms with Gasteiger partial charge in [-0.25, -0.2) is 0 Å². The van der Waals surface area contributed by atoms with Gasteiger partial charge in [0.25, 0.3) is 5.91 Å². The van der Waals surface area contributed by atoms with Crippen LogP contribution in [0.1, 0.15) is 16.7 Å². The van der Waals surface area contributed by atoms with Gasteiger partial charge in [-0.1, -0.05) is 59.1 Å². The number of nitrogens with one attached hydrogen (secondary N) is 2. The molecule has 3 aromatic rings. The molecule has 3 rings (SSSR count). The van der Waals surface area contributed by atoms with E-state index in [0.717, 1.165) is 21.7 Å². The van der Waals surface area contributed by atoms with Gasteiger partial charge in [-0.2, -0.15) is 0 Å². The van der Waals surface area contributed by atoms with Crippen molar-refractivity contribution in [2.45, 2.75) is 20.0 Å². The summed E-state index contributed by atoms with van der Waals surface area (Å²) in [5.74, 6) is 0.510. The minimum absolute atomic E-state index is 0.186. The van der Waals surface area contributed by atoms with Gasteiger partial charge in [-0.05, 0) is 48.4 Å². The summed E-state index contributed by atoms with van der Waals surface area (Å²) in [5.41, 5.74) is 3.76. The van der Waals surface area contributed by atoms with Crippen molar-refractivity contribution in [1.82, 2.24) is 5.32 Å². The van der Waals surface area contributed by atoms with E-state index in [1.807, 2.05) is 61.5 Å². The smallest absolute Gasteiger partial charge is 0.262 e. The summed E-state index contributed by atoms with van der Waals surface area (Å²) in [6.45, 7) is 2.99. The Bertz CT molecular complexity index is 1040. The minimum Gasteiger partial charge on any atom is -0.493 e. The Morgan fingerprint density at radius 3 is 2.42 bits per heavy atom. The average molecular weight is 459 g/mol. The third kappa shape index (κ3) is 6.62. The Morgan fingerprint density at radius 1 is 0.968 bits per heavy atom. The molecular formula is C24H24Cl2N2O3. The highest BCUT2D eigenvalue weighted by atomic mass is 35.5. The predicted octanol–water partition coefficient (Wildman–Crippen LogP) is 5.62. The molecule has 0 radical (unpaired) electrons. The lowest BCUT2D eigenvalue weighted by molar-refractivity contribution is -0.118. The van der Waals surface area contributed by atoms with Crippen LogP contribution in [0.15, 0.2) is 60.7 Å². The van der Waals surface area contributed by atoms with Crippen LogP contribution in [0.3, 0.4) is 0 Å². The molecule has 3 aromatic carbocycles. The molecule has 0 saturated carbocycles. The molecule has 31 heavy (non-hydrogen) atoms. The molecule has 0 aromatic heterocycles. The third-order valence-electron chi connectivity index (χ3n) is 4.57. The molecule has 0 heterocycles. The Balaban J connectivity index is 1.59. The molecule has 5 nitrogen and oxygen atoms in total. The highest BCUT2D eigenvalue weighted by Crippen LogP contribution is 2.36. The lowest BCUT2D eigenvalue weighted by atomic mass is 10.2. The second-order valence-electron chi connectivity index (χ2n) is 7.01. The molecule has 1 amide bonds. The lowest BCUT2D eigenvalue weighted by Gasteiger charge is -2.15. The second-order valence-corrected chi connectivity index (χ2v) is 7.82. The lowest BCUT2D eigenvalue weighted by Crippen LogP contribution is -2.20. The Morgan fingerprint density at radius 2 is 1.71 bits per heavy atom. The average Bonchev–Trinajstić information content (AvgIpc) is 2.75. The van der Waals surface area contributed by atoms with Crippen LogP contribution in [-0.2, 0) is 17.9 Å². The summed E-state index contributed by atoms with van der Waals surface area (Å²) in [7, 11) is 1.53. The number of hydrogen-bond acceptors (Lipinski definition) is 4. The zero-order valence-electron chi connectivity index (χ0n) is 17.4. The number of hydrogen-bond donors (Lipinski definition) is 2. The van der Waals surface area contributed by atoms with Gasteiger partial charge in [0.1, 0.15) is 0 Å². The zero-order chi connectivity index (χ0) is 22.2. The van der Waals surface area contributed by atoms with E-state index in [0.29, 0.717) is 35.3 Å². The molecular weight excluding hydrogens is 435 g/mol. The quantitative estimate of drug-likeness (QED) is 0.436. The van der Waals surface area contributed by atoms with Gasteiger partial charge in [-0.3, -0.25) is 4.79 Å². The first-order valence-electron chi connectivity index (χ1n) is 9.76. The molecule has 0 bridgehead atoms. The number of benzene rings is 3. The maximum absolute atomic E-state index is 12.2. The summed E-state index contributed by atoms with van der Waals surface area (Å²) in [6.07, 6.45) is 0. The monoisotopic (exact) mass is 458 g/mol. The van der Waals surface area contributed by atoms with Gasteiger partial charge in [0.2, 0.25) is 0 Å². The minimum atomic E-state index is -0.285. The van der Waals surface area contributed by atoms with E-state index in [-0.39, 0.29) is 12.5 Å². The fourth-order valence-electron chi connectivity index (χ4n) is 2.97. The highest BCUT2D eigenvalue weighted by molar-refractivity contribution is 6.32. The van der Waals surface area contributed by atoms with Crippen LogP contribution < -0.4 is 20.1 Å². The van der Waals surface area contributed by atoms with Gasteiger partial charge < -0.3 is 20.1 Å². The molecule has 0 aliphatic rings. The summed E-state index contributed by atoms with van der Waals surface area (Å²) in [5, 5.41) is 7.21. The fraction of sp³-hybridized carbons (Fsp3) is 0.208. The number of anilines is 1. The molecule has 162 valence electrons. The standard InChI is InChI=1S/C24H24Cl2N2O3/c1-16-7-9-19(10-8-16)28-23(29)15-31-24-21(26)11-17(12-22(24)30-2)13-27-14-18-5-3-4-6-20(18)25/h3-12,27H,13-15H2,1-2H3,(H,28,29). The van der Waals surface area contributed by atoms with E-state index < -0.39 is 0 Å². The predicted molar refractivity (Wildman–Crippen MR) is 125 cm³/mol. The summed E-state index contributed by atoms with van der Waals surface area (Å²) >= 11 is 12.6. The Labute approximate surface area is 192 Å². The van der Waals surface area contributed by atoms with Crippen LogP contribution in [0.25, 0.3) is 0 Å². The maximum Gasteiger partial charge on any atom is 0.262 e. The Kier molecular flexibility index (Phi) is 8.18. The third-order valence-corrected chi connectivity index (χ3v) is 5.22. The molecule has 0 aliphatic heterocycles. The van der Waals surface area contributed by atoms with Gasteiger partial charge in [-0.15, -0.1) is 0 Å². The van der Waals surface area contributed by atoms with E-state index in [1.54, 1.807) is 6.07 Å². The zero-order valence-corrected chi connectivity index (χ0v) is 18.9. The van der Waals surface area contributed by atoms with Crippen LogP contribution in [0.5, 0.6) is 11.5 Å². The van der Waals surface area contributed by atoms with Crippen LogP contribution in [0, 0.1) is 6.92 Å². The number of ether oxygens (including phenoxy) is 2. The van der Waals surface area contributed by atoms with E-state index in [1.165, 1.54) is 7.11 Å². The molecule has 0 spiro atoms. The normalized spacial score (nSPS) is 10.6. The van der Waals surface area contributed by atoms with E-state index in [9.17, 15) is 4.79 Å². The van der Waals surface area contributed by atoms with Gasteiger partial charge in [0.15, 0.2) is 18.1 Å². The Hall–Kier alpha value is -2.73. The number of methoxy groups -OCH3 is 1. The summed E-state index contributed by atoms with van der Waals surface area (Å²) in [4.78, 5) is 12.2. The number of rotatable bonds is 9. The SMILES string of the molecule is COc1cc(CNCc2ccccc2Cl)cc(Cl)c1OCC(=O)Nc1ccc(C)cc1.